The van der Waals surface area contributed by atoms with Gasteiger partial charge in [0.1, 0.15) is 13.1 Å². The third kappa shape index (κ3) is 4.20. The first-order valence-corrected chi connectivity index (χ1v) is 11.9. The van der Waals surface area contributed by atoms with Crippen molar-refractivity contribution in [3.05, 3.63) is 40.6 Å². The summed E-state index contributed by atoms with van der Waals surface area (Å²) >= 11 is 4.77. The van der Waals surface area contributed by atoms with E-state index >= 15 is 0 Å². The first-order chi connectivity index (χ1) is 13.3. The molecule has 0 spiro atoms. The zero-order valence-electron chi connectivity index (χ0n) is 15.1. The second-order valence-electron chi connectivity index (χ2n) is 6.35. The molecule has 1 aliphatic rings. The van der Waals surface area contributed by atoms with Gasteiger partial charge in [-0.1, -0.05) is 23.5 Å². The van der Waals surface area contributed by atoms with Crippen molar-refractivity contribution in [2.75, 3.05) is 50.5 Å². The van der Waals surface area contributed by atoms with E-state index in [-0.39, 0.29) is 5.91 Å². The summed E-state index contributed by atoms with van der Waals surface area (Å²) in [5.41, 5.74) is 0.993. The smallest absolute Gasteiger partial charge is 0.270 e. The molecule has 1 N–H and O–H groups in total. The quantitative estimate of drug-likeness (QED) is 0.623. The highest BCUT2D eigenvalue weighted by Gasteiger charge is 2.25. The molecule has 4 rings (SSSR count). The Morgan fingerprint density at radius 1 is 1.30 bits per heavy atom. The van der Waals surface area contributed by atoms with Gasteiger partial charge in [-0.3, -0.25) is 9.69 Å². The molecule has 1 saturated heterocycles. The van der Waals surface area contributed by atoms with Gasteiger partial charge in [-0.25, -0.2) is 4.98 Å². The summed E-state index contributed by atoms with van der Waals surface area (Å²) in [5.74, 6) is 0.0439. The molecule has 1 aliphatic heterocycles. The Labute approximate surface area is 171 Å². The van der Waals surface area contributed by atoms with E-state index in [0.717, 1.165) is 58.0 Å². The SMILES string of the molecule is CSc1cccc2sc(N(CC[NH+]3CCOCC3)C(=O)c3cccs3)nc12. The average molecular weight is 421 g/mol. The summed E-state index contributed by atoms with van der Waals surface area (Å²) in [6, 6.07) is 10.0. The van der Waals surface area contributed by atoms with Crippen LogP contribution >= 0.6 is 34.4 Å². The van der Waals surface area contributed by atoms with Gasteiger partial charge in [0, 0.05) is 4.90 Å². The lowest BCUT2D eigenvalue weighted by Crippen LogP contribution is -3.14. The van der Waals surface area contributed by atoms with Gasteiger partial charge >= 0.3 is 0 Å². The Bertz CT molecular complexity index is 904. The van der Waals surface area contributed by atoms with E-state index in [2.05, 4.69) is 24.5 Å². The molecule has 2 aromatic heterocycles. The van der Waals surface area contributed by atoms with Crippen LogP contribution in [0.4, 0.5) is 5.13 Å². The highest BCUT2D eigenvalue weighted by molar-refractivity contribution is 7.98. The number of quaternary nitrogens is 1. The van der Waals surface area contributed by atoms with Crippen LogP contribution in [0.5, 0.6) is 0 Å². The van der Waals surface area contributed by atoms with E-state index in [0.29, 0.717) is 6.54 Å². The summed E-state index contributed by atoms with van der Waals surface area (Å²) < 4.78 is 6.58. The van der Waals surface area contributed by atoms with Crippen LogP contribution in [-0.2, 0) is 4.74 Å². The fourth-order valence-corrected chi connectivity index (χ4v) is 5.51. The Morgan fingerprint density at radius 2 is 2.15 bits per heavy atom. The summed E-state index contributed by atoms with van der Waals surface area (Å²) in [4.78, 5) is 23.3. The monoisotopic (exact) mass is 420 g/mol. The van der Waals surface area contributed by atoms with Gasteiger partial charge in [0.05, 0.1) is 41.4 Å². The number of amides is 1. The fraction of sp³-hybridized carbons (Fsp3) is 0.368. The molecule has 1 fully saturated rings. The Hall–Kier alpha value is -1.45. The van der Waals surface area contributed by atoms with Crippen LogP contribution < -0.4 is 9.80 Å². The van der Waals surface area contributed by atoms with Crippen molar-refractivity contribution in [2.45, 2.75) is 4.90 Å². The van der Waals surface area contributed by atoms with E-state index in [1.807, 2.05) is 22.4 Å². The zero-order valence-corrected chi connectivity index (χ0v) is 17.6. The van der Waals surface area contributed by atoms with Crippen LogP contribution in [-0.4, -0.2) is 56.5 Å². The number of carbonyl (C=O) groups is 1. The number of nitrogens with zero attached hydrogens (tertiary/aromatic N) is 2. The summed E-state index contributed by atoms with van der Waals surface area (Å²) in [6.45, 7) is 5.17. The summed E-state index contributed by atoms with van der Waals surface area (Å²) in [6.07, 6.45) is 2.06. The van der Waals surface area contributed by atoms with E-state index < -0.39 is 0 Å². The van der Waals surface area contributed by atoms with Crippen molar-refractivity contribution in [3.8, 4) is 0 Å². The summed E-state index contributed by atoms with van der Waals surface area (Å²) in [5, 5.41) is 2.74. The number of para-hydroxylation sites is 1. The number of hydrogen-bond acceptors (Lipinski definition) is 6. The third-order valence-electron chi connectivity index (χ3n) is 4.69. The molecule has 0 radical (unpaired) electrons. The Balaban J connectivity index is 1.63. The van der Waals surface area contributed by atoms with Crippen molar-refractivity contribution < 1.29 is 14.4 Å². The Kier molecular flexibility index (Phi) is 6.09. The molecule has 3 heterocycles. The van der Waals surface area contributed by atoms with Crippen molar-refractivity contribution >= 4 is 55.7 Å². The molecule has 3 aromatic rings. The van der Waals surface area contributed by atoms with Crippen molar-refractivity contribution in [2.24, 2.45) is 0 Å². The van der Waals surface area contributed by atoms with Crippen molar-refractivity contribution in [1.82, 2.24) is 4.98 Å². The molecule has 0 atom stereocenters. The first-order valence-electron chi connectivity index (χ1n) is 8.96. The topological polar surface area (TPSA) is 46.9 Å². The van der Waals surface area contributed by atoms with Gasteiger partial charge in [0.15, 0.2) is 5.13 Å². The van der Waals surface area contributed by atoms with Gasteiger partial charge in [-0.15, -0.1) is 23.1 Å². The Morgan fingerprint density at radius 3 is 2.89 bits per heavy atom. The number of rotatable bonds is 6. The van der Waals surface area contributed by atoms with Crippen LogP contribution in [0, 0.1) is 0 Å². The number of morpholine rings is 1. The van der Waals surface area contributed by atoms with E-state index in [1.54, 1.807) is 23.1 Å². The van der Waals surface area contributed by atoms with Crippen LogP contribution in [0.2, 0.25) is 0 Å². The average Bonchev–Trinajstić information content (AvgIpc) is 3.38. The first kappa shape index (κ1) is 18.9. The maximum absolute atomic E-state index is 13.2. The van der Waals surface area contributed by atoms with Gasteiger partial charge in [0.25, 0.3) is 5.91 Å². The number of benzene rings is 1. The normalized spacial score (nSPS) is 15.3. The minimum atomic E-state index is 0.0439. The minimum absolute atomic E-state index is 0.0439. The highest BCUT2D eigenvalue weighted by Crippen LogP contribution is 2.34. The van der Waals surface area contributed by atoms with Crippen LogP contribution in [0.1, 0.15) is 9.67 Å². The molecule has 142 valence electrons. The number of ether oxygens (including phenoxy) is 1. The fourth-order valence-electron chi connectivity index (χ4n) is 3.19. The molecule has 0 unspecified atom stereocenters. The molecule has 5 nitrogen and oxygen atoms in total. The lowest BCUT2D eigenvalue weighted by molar-refractivity contribution is -0.906. The predicted molar refractivity (Wildman–Crippen MR) is 114 cm³/mol. The largest absolute Gasteiger partial charge is 0.370 e. The molecule has 0 aliphatic carbocycles. The molecule has 0 bridgehead atoms. The lowest BCUT2D eigenvalue weighted by atomic mass is 10.3. The van der Waals surface area contributed by atoms with Crippen molar-refractivity contribution in [1.29, 1.82) is 0 Å². The van der Waals surface area contributed by atoms with Crippen molar-refractivity contribution in [3.63, 3.8) is 0 Å². The van der Waals surface area contributed by atoms with Gasteiger partial charge < -0.3 is 9.64 Å². The number of thiophene rings is 1. The second-order valence-corrected chi connectivity index (χ2v) is 9.15. The van der Waals surface area contributed by atoms with Gasteiger partial charge in [-0.05, 0) is 29.8 Å². The minimum Gasteiger partial charge on any atom is -0.370 e. The van der Waals surface area contributed by atoms with Crippen LogP contribution in [0.15, 0.2) is 40.6 Å². The highest BCUT2D eigenvalue weighted by atomic mass is 32.2. The number of hydrogen-bond donors (Lipinski definition) is 1. The lowest BCUT2D eigenvalue weighted by Gasteiger charge is -2.26. The van der Waals surface area contributed by atoms with Crippen LogP contribution in [0.25, 0.3) is 10.2 Å². The third-order valence-corrected chi connectivity index (χ3v) is 7.36. The molecule has 1 amide bonds. The van der Waals surface area contributed by atoms with E-state index in [1.165, 1.54) is 16.2 Å². The second kappa shape index (κ2) is 8.70. The molecule has 0 saturated carbocycles. The van der Waals surface area contributed by atoms with Gasteiger partial charge in [0.2, 0.25) is 0 Å². The number of nitrogens with one attached hydrogen (secondary N) is 1. The van der Waals surface area contributed by atoms with Crippen LogP contribution in [0.3, 0.4) is 0 Å². The predicted octanol–water partition coefficient (Wildman–Crippen LogP) is 2.64. The number of anilines is 1. The molecule has 1 aromatic carbocycles. The number of thioether (sulfide) groups is 1. The number of aromatic nitrogens is 1. The number of carbonyl (C=O) groups excluding carboxylic acids is 1. The number of fused-ring (bicyclic) bond motifs is 1. The maximum atomic E-state index is 13.2. The standard InChI is InChI=1S/C19H21N3O2S3/c1-25-14-4-2-5-15-17(14)20-19(27-15)22(18(23)16-6-3-13-26-16)8-7-21-9-11-24-12-10-21/h2-6,13H,7-12H2,1H3/p+1. The molecular formula is C19H22N3O2S3+. The summed E-state index contributed by atoms with van der Waals surface area (Å²) in [7, 11) is 0. The van der Waals surface area contributed by atoms with E-state index in [4.69, 9.17) is 9.72 Å². The molecule has 27 heavy (non-hydrogen) atoms. The molecular weight excluding hydrogens is 398 g/mol. The zero-order chi connectivity index (χ0) is 18.6. The number of thiazole rings is 1. The maximum Gasteiger partial charge on any atom is 0.270 e. The van der Waals surface area contributed by atoms with Gasteiger partial charge in [-0.2, -0.15) is 0 Å². The molecule has 8 heteroatoms. The van der Waals surface area contributed by atoms with E-state index in [9.17, 15) is 4.79 Å².